The van der Waals surface area contributed by atoms with Crippen LogP contribution in [0.1, 0.15) is 55.5 Å². The second-order valence-corrected chi connectivity index (χ2v) is 8.62. The Balaban J connectivity index is 1.85. The van der Waals surface area contributed by atoms with Crippen molar-refractivity contribution in [1.29, 1.82) is 0 Å². The third-order valence-corrected chi connectivity index (χ3v) is 6.41. The summed E-state index contributed by atoms with van der Waals surface area (Å²) in [4.78, 5) is 27.1. The molecule has 1 atom stereocenters. The van der Waals surface area contributed by atoms with Crippen molar-refractivity contribution in [3.05, 3.63) is 53.6 Å². The van der Waals surface area contributed by atoms with Crippen molar-refractivity contribution in [3.63, 3.8) is 0 Å². The fraction of sp³-hybridized carbons (Fsp3) is 0.417. The Hall–Kier alpha value is -2.47. The van der Waals surface area contributed by atoms with Gasteiger partial charge >= 0.3 is 0 Å². The van der Waals surface area contributed by atoms with Gasteiger partial charge in [0.15, 0.2) is 0 Å². The van der Waals surface area contributed by atoms with E-state index >= 15 is 0 Å². The number of para-hydroxylation sites is 1. The molecule has 30 heavy (non-hydrogen) atoms. The van der Waals surface area contributed by atoms with Gasteiger partial charge in [0.1, 0.15) is 11.1 Å². The van der Waals surface area contributed by atoms with Crippen LogP contribution in [0.2, 0.25) is 0 Å². The number of nitrogens with one attached hydrogen (secondary N) is 1. The minimum Gasteiger partial charge on any atom is -0.495 e. The van der Waals surface area contributed by atoms with E-state index in [1.54, 1.807) is 23.8 Å². The molecule has 1 saturated heterocycles. The van der Waals surface area contributed by atoms with E-state index in [1.165, 1.54) is 0 Å². The van der Waals surface area contributed by atoms with Crippen LogP contribution in [0.25, 0.3) is 0 Å². The number of thioether (sulfide) groups is 1. The maximum Gasteiger partial charge on any atom is 0.238 e. The Morgan fingerprint density at radius 1 is 1.20 bits per heavy atom. The van der Waals surface area contributed by atoms with E-state index in [-0.39, 0.29) is 17.2 Å². The van der Waals surface area contributed by atoms with Gasteiger partial charge in [0.25, 0.3) is 0 Å². The largest absolute Gasteiger partial charge is 0.495 e. The molecule has 1 aliphatic rings. The van der Waals surface area contributed by atoms with E-state index in [9.17, 15) is 9.59 Å². The number of ether oxygens (including phenoxy) is 1. The van der Waals surface area contributed by atoms with Gasteiger partial charge < -0.3 is 10.1 Å². The summed E-state index contributed by atoms with van der Waals surface area (Å²) in [5.74, 6) is 1.11. The van der Waals surface area contributed by atoms with Crippen LogP contribution in [0, 0.1) is 6.92 Å². The maximum atomic E-state index is 12.8. The zero-order valence-electron chi connectivity index (χ0n) is 17.9. The summed E-state index contributed by atoms with van der Waals surface area (Å²) >= 11 is 1.57. The SMILES string of the molecule is CCCCCCC(=O)Nc1ccccc1[C@H]1SCC(=O)N1c1cc(C)ccc1OC. The van der Waals surface area contributed by atoms with Crippen LogP contribution in [-0.4, -0.2) is 24.7 Å². The Labute approximate surface area is 183 Å². The Bertz CT molecular complexity index is 900. The van der Waals surface area contributed by atoms with Crippen LogP contribution in [0.5, 0.6) is 5.75 Å². The molecule has 1 N–H and O–H groups in total. The molecule has 2 aromatic rings. The number of carbonyl (C=O) groups is 2. The van der Waals surface area contributed by atoms with Gasteiger partial charge in [-0.2, -0.15) is 0 Å². The Kier molecular flexibility index (Phi) is 7.80. The average Bonchev–Trinajstić information content (AvgIpc) is 3.12. The molecule has 1 aliphatic heterocycles. The first-order valence-electron chi connectivity index (χ1n) is 10.5. The molecule has 0 bridgehead atoms. The second-order valence-electron chi connectivity index (χ2n) is 7.55. The van der Waals surface area contributed by atoms with Crippen molar-refractivity contribution in [1.82, 2.24) is 0 Å². The molecule has 160 valence electrons. The van der Waals surface area contributed by atoms with Crippen molar-refractivity contribution in [2.75, 3.05) is 23.1 Å². The number of carbonyl (C=O) groups excluding carboxylic acids is 2. The zero-order valence-corrected chi connectivity index (χ0v) is 18.8. The Morgan fingerprint density at radius 3 is 2.77 bits per heavy atom. The van der Waals surface area contributed by atoms with Gasteiger partial charge in [0, 0.05) is 17.7 Å². The standard InChI is InChI=1S/C24H30N2O3S/c1-4-5-6-7-12-22(27)25-19-11-9-8-10-18(19)24-26(23(28)16-30-24)20-15-17(2)13-14-21(20)29-3/h8-11,13-15,24H,4-7,12,16H2,1-3H3,(H,25,27)/t24-/m1/s1. The van der Waals surface area contributed by atoms with Gasteiger partial charge in [-0.15, -0.1) is 11.8 Å². The molecular formula is C24H30N2O3S. The lowest BCUT2D eigenvalue weighted by Gasteiger charge is -2.27. The number of anilines is 2. The van der Waals surface area contributed by atoms with E-state index in [0.29, 0.717) is 17.9 Å². The fourth-order valence-electron chi connectivity index (χ4n) is 3.65. The third-order valence-electron chi connectivity index (χ3n) is 5.22. The molecule has 1 fully saturated rings. The number of benzene rings is 2. The first-order chi connectivity index (χ1) is 14.5. The molecule has 0 saturated carbocycles. The lowest BCUT2D eigenvalue weighted by molar-refractivity contribution is -0.116. The third kappa shape index (κ3) is 5.17. The molecule has 2 aromatic carbocycles. The van der Waals surface area contributed by atoms with Crippen LogP contribution in [0.15, 0.2) is 42.5 Å². The molecule has 2 amide bonds. The summed E-state index contributed by atoms with van der Waals surface area (Å²) in [6, 6.07) is 13.6. The molecule has 0 radical (unpaired) electrons. The van der Waals surface area contributed by atoms with Crippen molar-refractivity contribution in [2.45, 2.75) is 51.3 Å². The molecule has 5 nitrogen and oxygen atoms in total. The van der Waals surface area contributed by atoms with E-state index in [0.717, 1.165) is 48.2 Å². The lowest BCUT2D eigenvalue weighted by Crippen LogP contribution is -2.29. The van der Waals surface area contributed by atoms with Crippen molar-refractivity contribution in [2.24, 2.45) is 0 Å². The number of amides is 2. The smallest absolute Gasteiger partial charge is 0.238 e. The quantitative estimate of drug-likeness (QED) is 0.523. The Morgan fingerprint density at radius 2 is 2.00 bits per heavy atom. The van der Waals surface area contributed by atoms with Crippen LogP contribution >= 0.6 is 11.8 Å². The highest BCUT2D eigenvalue weighted by atomic mass is 32.2. The lowest BCUT2D eigenvalue weighted by atomic mass is 10.1. The summed E-state index contributed by atoms with van der Waals surface area (Å²) < 4.78 is 5.53. The minimum absolute atomic E-state index is 0.0209. The van der Waals surface area contributed by atoms with Crippen LogP contribution < -0.4 is 15.0 Å². The number of nitrogens with zero attached hydrogens (tertiary/aromatic N) is 1. The number of aryl methyl sites for hydroxylation is 1. The van der Waals surface area contributed by atoms with Crippen LogP contribution in [-0.2, 0) is 9.59 Å². The molecule has 0 unspecified atom stereocenters. The van der Waals surface area contributed by atoms with E-state index < -0.39 is 0 Å². The van der Waals surface area contributed by atoms with Gasteiger partial charge in [0.05, 0.1) is 18.6 Å². The second kappa shape index (κ2) is 10.5. The van der Waals surface area contributed by atoms with Gasteiger partial charge in [-0.25, -0.2) is 0 Å². The predicted molar refractivity (Wildman–Crippen MR) is 124 cm³/mol. The summed E-state index contributed by atoms with van der Waals surface area (Å²) in [7, 11) is 1.61. The van der Waals surface area contributed by atoms with Gasteiger partial charge in [-0.05, 0) is 37.1 Å². The molecule has 1 heterocycles. The van der Waals surface area contributed by atoms with E-state index in [2.05, 4.69) is 12.2 Å². The van der Waals surface area contributed by atoms with Crippen molar-refractivity contribution < 1.29 is 14.3 Å². The van der Waals surface area contributed by atoms with Gasteiger partial charge in [-0.1, -0.05) is 50.5 Å². The van der Waals surface area contributed by atoms with Crippen molar-refractivity contribution in [3.8, 4) is 5.75 Å². The monoisotopic (exact) mass is 426 g/mol. The highest BCUT2D eigenvalue weighted by Crippen LogP contribution is 2.46. The summed E-state index contributed by atoms with van der Waals surface area (Å²) in [6.45, 7) is 4.16. The molecular weight excluding hydrogens is 396 g/mol. The fourth-order valence-corrected chi connectivity index (χ4v) is 4.86. The molecule has 0 aromatic heterocycles. The molecule has 3 rings (SSSR count). The average molecular weight is 427 g/mol. The van der Waals surface area contributed by atoms with E-state index in [4.69, 9.17) is 4.74 Å². The number of rotatable bonds is 9. The van der Waals surface area contributed by atoms with Gasteiger partial charge in [0.2, 0.25) is 11.8 Å². The van der Waals surface area contributed by atoms with Gasteiger partial charge in [-0.3, -0.25) is 14.5 Å². The molecule has 6 heteroatoms. The summed E-state index contributed by atoms with van der Waals surface area (Å²) in [6.07, 6.45) is 4.78. The summed E-state index contributed by atoms with van der Waals surface area (Å²) in [5, 5.41) is 2.85. The first kappa shape index (κ1) is 22.2. The van der Waals surface area contributed by atoms with Crippen molar-refractivity contribution >= 4 is 35.0 Å². The van der Waals surface area contributed by atoms with Crippen LogP contribution in [0.3, 0.4) is 0 Å². The highest BCUT2D eigenvalue weighted by molar-refractivity contribution is 8.00. The predicted octanol–water partition coefficient (Wildman–Crippen LogP) is 5.69. The highest BCUT2D eigenvalue weighted by Gasteiger charge is 2.37. The maximum absolute atomic E-state index is 12.8. The number of methoxy groups -OCH3 is 1. The molecule has 0 spiro atoms. The number of hydrogen-bond donors (Lipinski definition) is 1. The first-order valence-corrected chi connectivity index (χ1v) is 11.6. The normalized spacial score (nSPS) is 16.0. The zero-order chi connectivity index (χ0) is 21.5. The number of hydrogen-bond acceptors (Lipinski definition) is 4. The van der Waals surface area contributed by atoms with E-state index in [1.807, 2.05) is 49.4 Å². The topological polar surface area (TPSA) is 58.6 Å². The summed E-state index contributed by atoms with van der Waals surface area (Å²) in [5.41, 5.74) is 3.52. The number of unbranched alkanes of at least 4 members (excludes halogenated alkanes) is 3. The molecule has 0 aliphatic carbocycles. The van der Waals surface area contributed by atoms with Crippen LogP contribution in [0.4, 0.5) is 11.4 Å². The minimum atomic E-state index is -0.218.